The molecule has 0 radical (unpaired) electrons. The van der Waals surface area contributed by atoms with Crippen LogP contribution in [0.25, 0.3) is 10.9 Å². The summed E-state index contributed by atoms with van der Waals surface area (Å²) in [5, 5.41) is 0.786. The third kappa shape index (κ3) is 4.10. The number of fused-ring (bicyclic) bond motifs is 1. The zero-order valence-corrected chi connectivity index (χ0v) is 17.5. The molecule has 1 unspecified atom stereocenters. The van der Waals surface area contributed by atoms with Crippen molar-refractivity contribution in [1.29, 1.82) is 0 Å². The van der Waals surface area contributed by atoms with Crippen molar-refractivity contribution >= 4 is 16.7 Å². The maximum Gasteiger partial charge on any atom is 0.149 e. The Labute approximate surface area is 172 Å². The number of rotatable bonds is 7. The lowest BCUT2D eigenvalue weighted by atomic mass is 9.71. The van der Waals surface area contributed by atoms with E-state index in [0.29, 0.717) is 11.9 Å². The molecule has 0 N–H and O–H groups in total. The van der Waals surface area contributed by atoms with E-state index in [1.165, 1.54) is 24.5 Å². The smallest absolute Gasteiger partial charge is 0.149 e. The van der Waals surface area contributed by atoms with Gasteiger partial charge in [0.1, 0.15) is 17.1 Å². The summed E-state index contributed by atoms with van der Waals surface area (Å²) in [5.74, 6) is -0.0748. The summed E-state index contributed by atoms with van der Waals surface area (Å²) in [6.45, 7) is 6.37. The van der Waals surface area contributed by atoms with Crippen LogP contribution in [0.5, 0.6) is 0 Å². The Kier molecular flexibility index (Phi) is 5.02. The predicted molar refractivity (Wildman–Crippen MR) is 115 cm³/mol. The molecule has 3 heteroatoms. The number of aromatic nitrogens is 1. The van der Waals surface area contributed by atoms with Crippen LogP contribution in [0, 0.1) is 23.6 Å². The molecule has 0 amide bonds. The van der Waals surface area contributed by atoms with Crippen LogP contribution in [-0.4, -0.2) is 10.8 Å². The van der Waals surface area contributed by atoms with Crippen LogP contribution in [0.1, 0.15) is 49.8 Å². The summed E-state index contributed by atoms with van der Waals surface area (Å²) in [4.78, 5) is 17.9. The summed E-state index contributed by atoms with van der Waals surface area (Å²) in [5.41, 5.74) is 3.27. The standard InChI is InChI=1S/C26H28FNO/c1-18-20(16-28-24-21(18)10-7-11-22(24)27)14-23(29)26(3,17-25(2)12-13-25)15-19-8-5-4-6-9-19/h4-11,16H,12-15,17H2,1-3H3. The first-order chi connectivity index (χ1) is 13.8. The lowest BCUT2D eigenvalue weighted by Gasteiger charge is -2.32. The fourth-order valence-electron chi connectivity index (χ4n) is 4.56. The van der Waals surface area contributed by atoms with Crippen molar-refractivity contribution in [1.82, 2.24) is 4.98 Å². The first kappa shape index (κ1) is 19.8. The quantitative estimate of drug-likeness (QED) is 0.479. The van der Waals surface area contributed by atoms with E-state index >= 15 is 0 Å². The van der Waals surface area contributed by atoms with Gasteiger partial charge in [0, 0.05) is 23.4 Å². The van der Waals surface area contributed by atoms with Gasteiger partial charge in [-0.2, -0.15) is 0 Å². The molecule has 1 fully saturated rings. The second-order valence-corrected chi connectivity index (χ2v) is 9.35. The number of ketones is 1. The maximum absolute atomic E-state index is 14.1. The number of nitrogens with zero attached hydrogens (tertiary/aromatic N) is 1. The van der Waals surface area contributed by atoms with Gasteiger partial charge >= 0.3 is 0 Å². The molecule has 150 valence electrons. The Morgan fingerprint density at radius 3 is 2.55 bits per heavy atom. The minimum atomic E-state index is -0.421. The molecule has 1 aliphatic rings. The molecule has 1 saturated carbocycles. The summed E-state index contributed by atoms with van der Waals surface area (Å²) < 4.78 is 14.1. The van der Waals surface area contributed by atoms with E-state index in [1.54, 1.807) is 12.3 Å². The molecular formula is C26H28FNO. The molecule has 4 rings (SSSR count). The first-order valence-electron chi connectivity index (χ1n) is 10.4. The lowest BCUT2D eigenvalue weighted by molar-refractivity contribution is -0.128. The number of Topliss-reactive ketones (excluding diaryl/α,β-unsaturated/α-hetero) is 1. The number of pyridine rings is 1. The van der Waals surface area contributed by atoms with Gasteiger partial charge in [0.25, 0.3) is 0 Å². The van der Waals surface area contributed by atoms with Crippen LogP contribution >= 0.6 is 0 Å². The first-order valence-corrected chi connectivity index (χ1v) is 10.4. The second kappa shape index (κ2) is 7.37. The fourth-order valence-corrected chi connectivity index (χ4v) is 4.56. The number of hydrogen-bond acceptors (Lipinski definition) is 2. The van der Waals surface area contributed by atoms with Crippen molar-refractivity contribution in [3.05, 3.63) is 77.2 Å². The van der Waals surface area contributed by atoms with Crippen LogP contribution in [0.15, 0.2) is 54.7 Å². The van der Waals surface area contributed by atoms with Gasteiger partial charge in [-0.1, -0.05) is 56.3 Å². The molecule has 0 aliphatic heterocycles. The summed E-state index contributed by atoms with van der Waals surface area (Å²) in [6.07, 6.45) is 6.06. The van der Waals surface area contributed by atoms with Crippen LogP contribution in [0.2, 0.25) is 0 Å². The molecule has 1 aromatic heterocycles. The van der Waals surface area contributed by atoms with E-state index in [1.807, 2.05) is 31.2 Å². The highest BCUT2D eigenvalue weighted by Crippen LogP contribution is 2.54. The highest BCUT2D eigenvalue weighted by Gasteiger charge is 2.46. The van der Waals surface area contributed by atoms with Crippen LogP contribution in [0.4, 0.5) is 4.39 Å². The van der Waals surface area contributed by atoms with Gasteiger partial charge in [-0.15, -0.1) is 0 Å². The van der Waals surface area contributed by atoms with Gasteiger partial charge in [0.05, 0.1) is 0 Å². The number of aryl methyl sites for hydroxylation is 1. The molecule has 3 aromatic rings. The molecule has 1 aliphatic carbocycles. The Balaban J connectivity index is 1.64. The second-order valence-electron chi connectivity index (χ2n) is 9.35. The number of benzene rings is 2. The molecule has 2 aromatic carbocycles. The Hall–Kier alpha value is -2.55. The summed E-state index contributed by atoms with van der Waals surface area (Å²) in [7, 11) is 0. The Bertz CT molecular complexity index is 1050. The third-order valence-electron chi connectivity index (χ3n) is 6.60. The van der Waals surface area contributed by atoms with Gasteiger partial charge in [0.15, 0.2) is 0 Å². The fraction of sp³-hybridized carbons (Fsp3) is 0.385. The van der Waals surface area contributed by atoms with Crippen molar-refractivity contribution in [2.45, 2.75) is 52.9 Å². The van der Waals surface area contributed by atoms with Crippen molar-refractivity contribution < 1.29 is 9.18 Å². The van der Waals surface area contributed by atoms with Crippen LogP contribution < -0.4 is 0 Å². The molecule has 0 bridgehead atoms. The number of hydrogen-bond donors (Lipinski definition) is 0. The molecule has 2 nitrogen and oxygen atoms in total. The highest BCUT2D eigenvalue weighted by molar-refractivity contribution is 5.89. The van der Waals surface area contributed by atoms with Gasteiger partial charge in [-0.05, 0) is 60.8 Å². The zero-order chi connectivity index (χ0) is 20.6. The molecular weight excluding hydrogens is 361 g/mol. The maximum atomic E-state index is 14.1. The molecule has 0 saturated heterocycles. The van der Waals surface area contributed by atoms with Crippen molar-refractivity contribution in [3.8, 4) is 0 Å². The van der Waals surface area contributed by atoms with Crippen LogP contribution in [0.3, 0.4) is 0 Å². The number of carbonyl (C=O) groups excluding carboxylic acids is 1. The number of halogens is 1. The average Bonchev–Trinajstić information content (AvgIpc) is 3.41. The van der Waals surface area contributed by atoms with Gasteiger partial charge < -0.3 is 0 Å². The largest absolute Gasteiger partial charge is 0.299 e. The minimum Gasteiger partial charge on any atom is -0.299 e. The normalized spacial score (nSPS) is 17.1. The van der Waals surface area contributed by atoms with Crippen molar-refractivity contribution in [2.75, 3.05) is 0 Å². The monoisotopic (exact) mass is 389 g/mol. The van der Waals surface area contributed by atoms with Crippen LogP contribution in [-0.2, 0) is 17.6 Å². The van der Waals surface area contributed by atoms with Crippen molar-refractivity contribution in [3.63, 3.8) is 0 Å². The van der Waals surface area contributed by atoms with Gasteiger partial charge in [-0.3, -0.25) is 9.78 Å². The molecule has 1 atom stereocenters. The summed E-state index contributed by atoms with van der Waals surface area (Å²) in [6, 6.07) is 15.3. The average molecular weight is 390 g/mol. The minimum absolute atomic E-state index is 0.245. The zero-order valence-electron chi connectivity index (χ0n) is 17.5. The van der Waals surface area contributed by atoms with E-state index < -0.39 is 5.41 Å². The third-order valence-corrected chi connectivity index (χ3v) is 6.60. The Morgan fingerprint density at radius 1 is 1.14 bits per heavy atom. The van der Waals surface area contributed by atoms with E-state index in [9.17, 15) is 9.18 Å². The highest BCUT2D eigenvalue weighted by atomic mass is 19.1. The van der Waals surface area contributed by atoms with E-state index in [0.717, 1.165) is 29.4 Å². The topological polar surface area (TPSA) is 30.0 Å². The van der Waals surface area contributed by atoms with Crippen molar-refractivity contribution in [2.24, 2.45) is 10.8 Å². The van der Waals surface area contributed by atoms with Gasteiger partial charge in [-0.25, -0.2) is 4.39 Å². The SMILES string of the molecule is Cc1c(CC(=O)C(C)(Cc2ccccc2)CC2(C)CC2)cnc2c(F)cccc12. The molecule has 0 spiro atoms. The number of para-hydroxylation sites is 1. The Morgan fingerprint density at radius 2 is 1.86 bits per heavy atom. The molecule has 1 heterocycles. The predicted octanol–water partition coefficient (Wildman–Crippen LogP) is 6.23. The summed E-state index contributed by atoms with van der Waals surface area (Å²) >= 11 is 0. The van der Waals surface area contributed by atoms with Gasteiger partial charge in [0.2, 0.25) is 0 Å². The lowest BCUT2D eigenvalue weighted by Crippen LogP contribution is -2.34. The number of carbonyl (C=O) groups is 1. The molecule has 29 heavy (non-hydrogen) atoms. The van der Waals surface area contributed by atoms with E-state index in [-0.39, 0.29) is 17.0 Å². The van der Waals surface area contributed by atoms with E-state index in [2.05, 4.69) is 31.0 Å². The van der Waals surface area contributed by atoms with E-state index in [4.69, 9.17) is 0 Å².